The van der Waals surface area contributed by atoms with Crippen molar-refractivity contribution in [1.29, 1.82) is 5.26 Å². The van der Waals surface area contributed by atoms with E-state index in [4.69, 9.17) is 5.26 Å². The van der Waals surface area contributed by atoms with E-state index in [2.05, 4.69) is 10.1 Å². The van der Waals surface area contributed by atoms with Crippen LogP contribution in [0.1, 0.15) is 27.4 Å². The number of carbonyl (C=O) groups is 1. The molecule has 0 bridgehead atoms. The van der Waals surface area contributed by atoms with E-state index in [0.717, 1.165) is 5.69 Å². The van der Waals surface area contributed by atoms with Crippen LogP contribution in [0.3, 0.4) is 0 Å². The van der Waals surface area contributed by atoms with Gasteiger partial charge in [0, 0.05) is 29.8 Å². The number of rotatable bonds is 3. The fraction of sp³-hybridized carbons (Fsp3) is 0.143. The molecular weight excluding hydrogens is 376 g/mol. The van der Waals surface area contributed by atoms with Crippen LogP contribution < -0.4 is 0 Å². The molecule has 8 heteroatoms. The maximum Gasteiger partial charge on any atom is 0.170 e. The molecule has 0 aliphatic carbocycles. The van der Waals surface area contributed by atoms with E-state index in [0.29, 0.717) is 28.6 Å². The summed E-state index contributed by atoms with van der Waals surface area (Å²) in [7, 11) is 1.73. The normalized spacial score (nSPS) is 11.0. The average molecular weight is 391 g/mol. The van der Waals surface area contributed by atoms with Crippen LogP contribution in [0.25, 0.3) is 28.0 Å². The lowest BCUT2D eigenvalue weighted by atomic mass is 10.1. The number of aldehydes is 1. The van der Waals surface area contributed by atoms with Gasteiger partial charge >= 0.3 is 0 Å². The van der Waals surface area contributed by atoms with Crippen LogP contribution in [0.4, 0.5) is 8.78 Å². The molecular formula is C21H15F2N5O. The number of nitrogens with zero attached hydrogens (tertiary/aromatic N) is 5. The topological polar surface area (TPSA) is 76.5 Å². The average Bonchev–Trinajstić information content (AvgIpc) is 3.19. The summed E-state index contributed by atoms with van der Waals surface area (Å²) in [5, 5.41) is 13.8. The summed E-state index contributed by atoms with van der Waals surface area (Å²) in [6.45, 7) is 3.51. The van der Waals surface area contributed by atoms with E-state index in [9.17, 15) is 13.6 Å². The molecule has 0 fully saturated rings. The predicted octanol–water partition coefficient (Wildman–Crippen LogP) is 4.01. The van der Waals surface area contributed by atoms with Crippen LogP contribution in [-0.2, 0) is 7.05 Å². The zero-order valence-corrected chi connectivity index (χ0v) is 15.9. The molecule has 4 aromatic rings. The lowest BCUT2D eigenvalue weighted by Crippen LogP contribution is -2.02. The molecule has 0 spiro atoms. The fourth-order valence-electron chi connectivity index (χ4n) is 3.38. The van der Waals surface area contributed by atoms with Crippen LogP contribution in [0, 0.1) is 36.8 Å². The largest absolute Gasteiger partial charge is 0.296 e. The number of fused-ring (bicyclic) bond motifs is 1. The van der Waals surface area contributed by atoms with Gasteiger partial charge in [0.05, 0.1) is 16.9 Å². The second kappa shape index (κ2) is 6.63. The number of halogens is 2. The minimum atomic E-state index is -0.699. The molecule has 0 radical (unpaired) electrons. The highest BCUT2D eigenvalue weighted by atomic mass is 19.1. The predicted molar refractivity (Wildman–Crippen MR) is 103 cm³/mol. The quantitative estimate of drug-likeness (QED) is 0.495. The van der Waals surface area contributed by atoms with Crippen LogP contribution in [0.15, 0.2) is 30.3 Å². The Morgan fingerprint density at radius 2 is 1.86 bits per heavy atom. The Bertz CT molecular complexity index is 1340. The van der Waals surface area contributed by atoms with E-state index in [1.165, 1.54) is 18.2 Å². The molecule has 0 aliphatic heterocycles. The van der Waals surface area contributed by atoms with Crippen molar-refractivity contribution in [2.45, 2.75) is 13.8 Å². The first-order valence-corrected chi connectivity index (χ1v) is 8.73. The Labute approximate surface area is 164 Å². The van der Waals surface area contributed by atoms with E-state index in [1.807, 2.05) is 6.92 Å². The minimum absolute atomic E-state index is 0.0994. The van der Waals surface area contributed by atoms with Gasteiger partial charge in [-0.15, -0.1) is 0 Å². The highest BCUT2D eigenvalue weighted by molar-refractivity contribution is 5.85. The molecule has 4 rings (SSSR count). The van der Waals surface area contributed by atoms with Crippen molar-refractivity contribution in [3.05, 3.63) is 64.6 Å². The molecule has 0 saturated heterocycles. The van der Waals surface area contributed by atoms with Crippen LogP contribution in [-0.4, -0.2) is 25.6 Å². The molecule has 2 aromatic heterocycles. The lowest BCUT2D eigenvalue weighted by molar-refractivity contribution is 0.111. The van der Waals surface area contributed by atoms with Crippen molar-refractivity contribution in [2.75, 3.05) is 0 Å². The summed E-state index contributed by atoms with van der Waals surface area (Å²) in [6.07, 6.45) is 0.597. The first-order chi connectivity index (χ1) is 13.8. The number of aryl methyl sites for hydroxylation is 2. The van der Waals surface area contributed by atoms with Crippen LogP contribution in [0.2, 0.25) is 0 Å². The number of nitriles is 1. The van der Waals surface area contributed by atoms with E-state index >= 15 is 0 Å². The first-order valence-electron chi connectivity index (χ1n) is 8.73. The second-order valence-electron chi connectivity index (χ2n) is 6.70. The highest BCUT2D eigenvalue weighted by Crippen LogP contribution is 2.30. The van der Waals surface area contributed by atoms with Crippen LogP contribution >= 0.6 is 0 Å². The molecule has 2 aromatic carbocycles. The molecule has 6 nitrogen and oxygen atoms in total. The third kappa shape index (κ3) is 2.79. The van der Waals surface area contributed by atoms with Gasteiger partial charge in [-0.05, 0) is 38.1 Å². The van der Waals surface area contributed by atoms with Gasteiger partial charge in [0.15, 0.2) is 12.1 Å². The zero-order chi connectivity index (χ0) is 20.9. The maximum atomic E-state index is 14.8. The van der Waals surface area contributed by atoms with Crippen molar-refractivity contribution in [3.63, 3.8) is 0 Å². The second-order valence-corrected chi connectivity index (χ2v) is 6.70. The van der Waals surface area contributed by atoms with Crippen LogP contribution in [0.5, 0.6) is 0 Å². The molecule has 29 heavy (non-hydrogen) atoms. The lowest BCUT2D eigenvalue weighted by Gasteiger charge is -2.11. The summed E-state index contributed by atoms with van der Waals surface area (Å²) < 4.78 is 32.1. The maximum absolute atomic E-state index is 14.8. The van der Waals surface area contributed by atoms with Gasteiger partial charge in [-0.1, -0.05) is 0 Å². The standard InChI is InChI=1S/C21H15F2N5O/c1-11-16-7-15(8-18(23)20(16)26-27(11)3)28-12(2)19(10-29)25-21(28)13-4-5-14(9-24)17(22)6-13/h4-8,10H,1-3H3. The van der Waals surface area contributed by atoms with Gasteiger partial charge in [0.1, 0.15) is 28.9 Å². The Morgan fingerprint density at radius 3 is 2.52 bits per heavy atom. The molecule has 0 aliphatic rings. The third-order valence-electron chi connectivity index (χ3n) is 5.04. The van der Waals surface area contributed by atoms with E-state index in [-0.39, 0.29) is 22.6 Å². The molecule has 144 valence electrons. The molecule has 0 amide bonds. The number of hydrogen-bond acceptors (Lipinski definition) is 4. The van der Waals surface area contributed by atoms with Crippen molar-refractivity contribution in [3.8, 4) is 23.1 Å². The molecule has 2 heterocycles. The van der Waals surface area contributed by atoms with Gasteiger partial charge in [0.2, 0.25) is 0 Å². The Hall–Kier alpha value is -3.86. The SMILES string of the molecule is Cc1c2cc(-n3c(-c4ccc(C#N)c(F)c4)nc(C=O)c3C)cc(F)c2nn1C. The molecule has 0 atom stereocenters. The summed E-state index contributed by atoms with van der Waals surface area (Å²) in [5.74, 6) is -0.943. The van der Waals surface area contributed by atoms with Crippen molar-refractivity contribution >= 4 is 17.2 Å². The van der Waals surface area contributed by atoms with Gasteiger partial charge in [0.25, 0.3) is 0 Å². The first kappa shape index (κ1) is 18.5. The van der Waals surface area contributed by atoms with Gasteiger partial charge < -0.3 is 0 Å². The third-order valence-corrected chi connectivity index (χ3v) is 5.04. The number of aromatic nitrogens is 4. The summed E-state index contributed by atoms with van der Waals surface area (Å²) in [6, 6.07) is 8.89. The molecule has 0 saturated carbocycles. The van der Waals surface area contributed by atoms with E-state index in [1.54, 1.807) is 41.4 Å². The Morgan fingerprint density at radius 1 is 1.10 bits per heavy atom. The van der Waals surface area contributed by atoms with Gasteiger partial charge in [-0.25, -0.2) is 13.8 Å². The zero-order valence-electron chi connectivity index (χ0n) is 15.9. The molecule has 0 unspecified atom stereocenters. The fourth-order valence-corrected chi connectivity index (χ4v) is 3.38. The number of carbonyl (C=O) groups excluding carboxylic acids is 1. The smallest absolute Gasteiger partial charge is 0.170 e. The Balaban J connectivity index is 2.02. The number of imidazole rings is 1. The number of benzene rings is 2. The van der Waals surface area contributed by atoms with E-state index < -0.39 is 11.6 Å². The highest BCUT2D eigenvalue weighted by Gasteiger charge is 2.20. The number of hydrogen-bond donors (Lipinski definition) is 0. The minimum Gasteiger partial charge on any atom is -0.296 e. The summed E-state index contributed by atoms with van der Waals surface area (Å²) >= 11 is 0. The van der Waals surface area contributed by atoms with Crippen molar-refractivity contribution < 1.29 is 13.6 Å². The van der Waals surface area contributed by atoms with Gasteiger partial charge in [-0.3, -0.25) is 14.0 Å². The Kier molecular flexibility index (Phi) is 4.23. The summed E-state index contributed by atoms with van der Waals surface area (Å²) in [5.41, 5.74) is 2.36. The monoisotopic (exact) mass is 391 g/mol. The van der Waals surface area contributed by atoms with Crippen molar-refractivity contribution in [2.24, 2.45) is 7.05 Å². The van der Waals surface area contributed by atoms with Gasteiger partial charge in [-0.2, -0.15) is 10.4 Å². The van der Waals surface area contributed by atoms with Crippen molar-refractivity contribution in [1.82, 2.24) is 19.3 Å². The summed E-state index contributed by atoms with van der Waals surface area (Å²) in [4.78, 5) is 15.8. The molecule has 0 N–H and O–H groups in total.